The van der Waals surface area contributed by atoms with E-state index in [0.29, 0.717) is 41.5 Å². The van der Waals surface area contributed by atoms with Crippen LogP contribution in [-0.4, -0.2) is 43.7 Å². The monoisotopic (exact) mass is 396 g/mol. The van der Waals surface area contributed by atoms with Gasteiger partial charge in [-0.05, 0) is 36.8 Å². The van der Waals surface area contributed by atoms with Gasteiger partial charge in [-0.3, -0.25) is 0 Å². The minimum absolute atomic E-state index is 0.291. The fourth-order valence-electron chi connectivity index (χ4n) is 3.15. The number of carbonyl (C=O) groups excluding carboxylic acids is 1. The van der Waals surface area contributed by atoms with Crippen molar-refractivity contribution in [2.24, 2.45) is 0 Å². The summed E-state index contributed by atoms with van der Waals surface area (Å²) in [6.07, 6.45) is 1.96. The van der Waals surface area contributed by atoms with Crippen LogP contribution in [0.15, 0.2) is 48.7 Å². The van der Waals surface area contributed by atoms with E-state index < -0.39 is 5.97 Å². The lowest BCUT2D eigenvalue weighted by atomic mass is 10.0. The lowest BCUT2D eigenvalue weighted by Gasteiger charge is -2.15. The molecule has 0 atom stereocenters. The van der Waals surface area contributed by atoms with E-state index in [4.69, 9.17) is 18.9 Å². The summed E-state index contributed by atoms with van der Waals surface area (Å²) in [6.45, 7) is 2.07. The third-order valence-electron chi connectivity index (χ3n) is 4.46. The van der Waals surface area contributed by atoms with Gasteiger partial charge in [0.15, 0.2) is 11.5 Å². The van der Waals surface area contributed by atoms with Gasteiger partial charge in [0.25, 0.3) is 0 Å². The van der Waals surface area contributed by atoms with Gasteiger partial charge in [-0.15, -0.1) is 0 Å². The topological polar surface area (TPSA) is 71.8 Å². The number of nitrogens with zero attached hydrogens (tertiary/aromatic N) is 2. The van der Waals surface area contributed by atoms with Crippen molar-refractivity contribution in [2.75, 3.05) is 27.9 Å². The van der Waals surface area contributed by atoms with Crippen molar-refractivity contribution < 1.29 is 23.7 Å². The molecule has 152 valence electrons. The highest BCUT2D eigenvalue weighted by molar-refractivity contribution is 5.90. The Hall–Kier alpha value is -3.48. The van der Waals surface area contributed by atoms with Crippen LogP contribution in [-0.2, 0) is 11.2 Å². The van der Waals surface area contributed by atoms with Gasteiger partial charge in [0.05, 0.1) is 45.5 Å². The van der Waals surface area contributed by atoms with Crippen LogP contribution < -0.4 is 14.2 Å². The number of aromatic nitrogens is 2. The second kappa shape index (κ2) is 9.14. The molecule has 0 fully saturated rings. The first-order chi connectivity index (χ1) is 14.1. The summed E-state index contributed by atoms with van der Waals surface area (Å²) >= 11 is 0. The first-order valence-corrected chi connectivity index (χ1v) is 9.21. The average molecular weight is 396 g/mol. The van der Waals surface area contributed by atoms with Crippen LogP contribution in [0.4, 0.5) is 0 Å². The van der Waals surface area contributed by atoms with Gasteiger partial charge in [0, 0.05) is 6.42 Å². The zero-order valence-electron chi connectivity index (χ0n) is 17.0. The number of ether oxygens (including phenoxy) is 4. The maximum Gasteiger partial charge on any atom is 0.341 e. The molecule has 0 N–H and O–H groups in total. The average Bonchev–Trinajstić information content (AvgIpc) is 3.17. The maximum absolute atomic E-state index is 12.5. The molecular formula is C22H24N2O5. The molecule has 1 heterocycles. The predicted octanol–water partition coefficient (Wildman–Crippen LogP) is 3.67. The lowest BCUT2D eigenvalue weighted by Crippen LogP contribution is -2.10. The number of rotatable bonds is 8. The van der Waals surface area contributed by atoms with E-state index in [9.17, 15) is 4.79 Å². The molecule has 0 amide bonds. The number of para-hydroxylation sites is 1. The van der Waals surface area contributed by atoms with Gasteiger partial charge in [-0.1, -0.05) is 18.2 Å². The molecule has 0 aliphatic rings. The summed E-state index contributed by atoms with van der Waals surface area (Å²) in [4.78, 5) is 12.5. The molecule has 3 aromatic rings. The highest BCUT2D eigenvalue weighted by Crippen LogP contribution is 2.39. The molecule has 0 bridgehead atoms. The Kier molecular flexibility index (Phi) is 6.39. The van der Waals surface area contributed by atoms with Crippen molar-refractivity contribution in [1.82, 2.24) is 9.78 Å². The molecule has 1 aromatic heterocycles. The quantitative estimate of drug-likeness (QED) is 0.541. The first-order valence-electron chi connectivity index (χ1n) is 9.21. The van der Waals surface area contributed by atoms with E-state index >= 15 is 0 Å². The van der Waals surface area contributed by atoms with Crippen LogP contribution in [0.1, 0.15) is 28.5 Å². The molecule has 2 aromatic carbocycles. The highest BCUT2D eigenvalue weighted by atomic mass is 16.5. The van der Waals surface area contributed by atoms with E-state index in [1.807, 2.05) is 42.5 Å². The minimum atomic E-state index is -0.405. The normalized spacial score (nSPS) is 10.5. The minimum Gasteiger partial charge on any atom is -0.493 e. The van der Waals surface area contributed by atoms with Crippen LogP contribution in [0.25, 0.3) is 5.69 Å². The summed E-state index contributed by atoms with van der Waals surface area (Å²) in [5.41, 5.74) is 2.86. The molecule has 0 saturated heterocycles. The fourth-order valence-corrected chi connectivity index (χ4v) is 3.15. The van der Waals surface area contributed by atoms with Crippen LogP contribution in [0.3, 0.4) is 0 Å². The number of carbonyl (C=O) groups is 1. The maximum atomic E-state index is 12.5. The molecule has 0 aliphatic carbocycles. The second-order valence-corrected chi connectivity index (χ2v) is 6.18. The molecule has 0 spiro atoms. The number of esters is 1. The molecular weight excluding hydrogens is 372 g/mol. The highest BCUT2D eigenvalue weighted by Gasteiger charge is 2.21. The van der Waals surface area contributed by atoms with Crippen LogP contribution >= 0.6 is 0 Å². The second-order valence-electron chi connectivity index (χ2n) is 6.18. The van der Waals surface area contributed by atoms with E-state index in [2.05, 4.69) is 5.10 Å². The number of methoxy groups -OCH3 is 3. The van der Waals surface area contributed by atoms with Crippen molar-refractivity contribution in [1.29, 1.82) is 0 Å². The lowest BCUT2D eigenvalue weighted by molar-refractivity contribution is 0.0525. The van der Waals surface area contributed by atoms with Gasteiger partial charge in [-0.2, -0.15) is 5.10 Å². The van der Waals surface area contributed by atoms with Crippen LogP contribution in [0, 0.1) is 0 Å². The molecule has 0 unspecified atom stereocenters. The molecule has 0 aliphatic heterocycles. The third kappa shape index (κ3) is 4.18. The Morgan fingerprint density at radius 2 is 1.66 bits per heavy atom. The first kappa shape index (κ1) is 20.3. The van der Waals surface area contributed by atoms with Gasteiger partial charge < -0.3 is 18.9 Å². The van der Waals surface area contributed by atoms with Gasteiger partial charge in [-0.25, -0.2) is 9.48 Å². The number of hydrogen-bond acceptors (Lipinski definition) is 6. The van der Waals surface area contributed by atoms with Crippen molar-refractivity contribution >= 4 is 5.97 Å². The predicted molar refractivity (Wildman–Crippen MR) is 108 cm³/mol. The SMILES string of the molecule is CCOC(=O)c1cnn(-c2ccccc2)c1Cc1cc(OC)c(OC)c(OC)c1. The molecule has 7 nitrogen and oxygen atoms in total. The molecule has 3 rings (SSSR count). The Morgan fingerprint density at radius 3 is 2.21 bits per heavy atom. The Labute approximate surface area is 169 Å². The zero-order valence-corrected chi connectivity index (χ0v) is 17.0. The summed E-state index contributed by atoms with van der Waals surface area (Å²) in [5.74, 6) is 1.20. The Bertz CT molecular complexity index is 957. The summed E-state index contributed by atoms with van der Waals surface area (Å²) < 4.78 is 23.3. The summed E-state index contributed by atoms with van der Waals surface area (Å²) in [6, 6.07) is 13.4. The number of benzene rings is 2. The Balaban J connectivity index is 2.10. The largest absolute Gasteiger partial charge is 0.493 e. The van der Waals surface area contributed by atoms with E-state index in [0.717, 1.165) is 11.3 Å². The number of hydrogen-bond donors (Lipinski definition) is 0. The van der Waals surface area contributed by atoms with E-state index in [-0.39, 0.29) is 0 Å². The Morgan fingerprint density at radius 1 is 1.00 bits per heavy atom. The van der Waals surface area contributed by atoms with Gasteiger partial charge in [0.2, 0.25) is 5.75 Å². The van der Waals surface area contributed by atoms with Crippen LogP contribution in [0.2, 0.25) is 0 Å². The fraction of sp³-hybridized carbons (Fsp3) is 0.273. The van der Waals surface area contributed by atoms with Crippen LogP contribution in [0.5, 0.6) is 17.2 Å². The standard InChI is InChI=1S/C22H24N2O5/c1-5-29-22(25)17-14-23-24(16-9-7-6-8-10-16)18(17)11-15-12-19(26-2)21(28-4)20(13-15)27-3/h6-10,12-14H,5,11H2,1-4H3. The smallest absolute Gasteiger partial charge is 0.341 e. The zero-order chi connectivity index (χ0) is 20.8. The molecule has 0 radical (unpaired) electrons. The third-order valence-corrected chi connectivity index (χ3v) is 4.46. The molecule has 0 saturated carbocycles. The van der Waals surface area contributed by atoms with Gasteiger partial charge >= 0.3 is 5.97 Å². The molecule has 7 heteroatoms. The summed E-state index contributed by atoms with van der Waals surface area (Å²) in [7, 11) is 4.70. The van der Waals surface area contributed by atoms with Crippen molar-refractivity contribution in [3.63, 3.8) is 0 Å². The van der Waals surface area contributed by atoms with E-state index in [1.54, 1.807) is 32.9 Å². The summed E-state index contributed by atoms with van der Waals surface area (Å²) in [5, 5.41) is 4.43. The van der Waals surface area contributed by atoms with E-state index in [1.165, 1.54) is 6.20 Å². The van der Waals surface area contributed by atoms with Crippen molar-refractivity contribution in [3.05, 3.63) is 65.5 Å². The van der Waals surface area contributed by atoms with Gasteiger partial charge in [0.1, 0.15) is 5.56 Å². The van der Waals surface area contributed by atoms with Crippen molar-refractivity contribution in [3.8, 4) is 22.9 Å². The molecule has 29 heavy (non-hydrogen) atoms. The van der Waals surface area contributed by atoms with Crippen molar-refractivity contribution in [2.45, 2.75) is 13.3 Å².